The Labute approximate surface area is 85.8 Å². The topological polar surface area (TPSA) is 24.9 Å². The summed E-state index contributed by atoms with van der Waals surface area (Å²) in [6.45, 7) is 3.86. The van der Waals surface area contributed by atoms with Crippen LogP contribution >= 0.6 is 0 Å². The van der Waals surface area contributed by atoms with Crippen LogP contribution in [0.3, 0.4) is 0 Å². The van der Waals surface area contributed by atoms with E-state index in [0.29, 0.717) is 0 Å². The van der Waals surface area contributed by atoms with Gasteiger partial charge in [0.2, 0.25) is 0 Å². The minimum absolute atomic E-state index is 0.831. The first-order chi connectivity index (χ1) is 6.84. The summed E-state index contributed by atoms with van der Waals surface area (Å²) in [7, 11) is 0. The smallest absolute Gasteiger partial charge is 0.0570 e. The highest BCUT2D eigenvalue weighted by molar-refractivity contribution is 5.17. The average Bonchev–Trinajstić information content (AvgIpc) is 2.20. The molecule has 0 amide bonds. The van der Waals surface area contributed by atoms with Crippen LogP contribution in [0.5, 0.6) is 0 Å². The molecule has 0 saturated carbocycles. The maximum Gasteiger partial charge on any atom is 0.0570 e. The number of unbranched alkanes of at least 4 members (excludes halogenated alkanes) is 1. The first-order valence-electron chi connectivity index (χ1n) is 4.89. The molecule has 74 valence electrons. The molecule has 1 heterocycles. The van der Waals surface area contributed by atoms with Crippen molar-refractivity contribution in [2.75, 3.05) is 6.54 Å². The minimum atomic E-state index is 0.831. The molecular weight excluding hydrogens is 172 g/mol. The summed E-state index contributed by atoms with van der Waals surface area (Å²) in [6, 6.07) is 4.03. The van der Waals surface area contributed by atoms with Crippen LogP contribution in [0.2, 0.25) is 0 Å². The zero-order chi connectivity index (χ0) is 10.2. The van der Waals surface area contributed by atoms with Gasteiger partial charge in [-0.3, -0.25) is 4.98 Å². The number of aromatic nitrogens is 1. The van der Waals surface area contributed by atoms with Crippen molar-refractivity contribution in [3.63, 3.8) is 0 Å². The van der Waals surface area contributed by atoms with Gasteiger partial charge >= 0.3 is 0 Å². The van der Waals surface area contributed by atoms with Gasteiger partial charge in [0.05, 0.1) is 5.69 Å². The number of nitrogens with one attached hydrogen (secondary N) is 1. The van der Waals surface area contributed by atoms with Crippen LogP contribution in [0.25, 0.3) is 0 Å². The van der Waals surface area contributed by atoms with Crippen molar-refractivity contribution in [2.45, 2.75) is 26.3 Å². The fourth-order valence-corrected chi connectivity index (χ4v) is 1.23. The van der Waals surface area contributed by atoms with Gasteiger partial charge in [0.15, 0.2) is 0 Å². The molecule has 0 aliphatic heterocycles. The molecule has 1 aromatic rings. The van der Waals surface area contributed by atoms with Crippen LogP contribution in [0.4, 0.5) is 0 Å². The SMILES string of the molecule is C#CCCCNCc1ncccc1C. The van der Waals surface area contributed by atoms with Crippen molar-refractivity contribution in [1.29, 1.82) is 0 Å². The second kappa shape index (κ2) is 6.17. The van der Waals surface area contributed by atoms with E-state index < -0.39 is 0 Å². The van der Waals surface area contributed by atoms with Gasteiger partial charge in [0.1, 0.15) is 0 Å². The molecule has 2 nitrogen and oxygen atoms in total. The van der Waals surface area contributed by atoms with E-state index >= 15 is 0 Å². The highest BCUT2D eigenvalue weighted by Crippen LogP contribution is 2.01. The summed E-state index contributed by atoms with van der Waals surface area (Å²) in [5.41, 5.74) is 2.35. The molecule has 0 aliphatic carbocycles. The predicted molar refractivity (Wildman–Crippen MR) is 58.7 cm³/mol. The molecular formula is C12H16N2. The Morgan fingerprint density at radius 1 is 1.57 bits per heavy atom. The zero-order valence-corrected chi connectivity index (χ0v) is 8.59. The third-order valence-corrected chi connectivity index (χ3v) is 2.08. The second-order valence-corrected chi connectivity index (χ2v) is 3.25. The Hall–Kier alpha value is -1.33. The highest BCUT2D eigenvalue weighted by Gasteiger charge is 1.96. The van der Waals surface area contributed by atoms with Crippen molar-refractivity contribution < 1.29 is 0 Å². The maximum absolute atomic E-state index is 5.16. The van der Waals surface area contributed by atoms with Crippen molar-refractivity contribution in [1.82, 2.24) is 10.3 Å². The van der Waals surface area contributed by atoms with E-state index in [4.69, 9.17) is 6.42 Å². The van der Waals surface area contributed by atoms with Crippen LogP contribution < -0.4 is 5.32 Å². The molecule has 0 aliphatic rings. The van der Waals surface area contributed by atoms with Gasteiger partial charge in [-0.2, -0.15) is 0 Å². The Balaban J connectivity index is 2.25. The van der Waals surface area contributed by atoms with Crippen molar-refractivity contribution in [3.05, 3.63) is 29.6 Å². The predicted octanol–water partition coefficient (Wildman–Crippen LogP) is 1.89. The fourth-order valence-electron chi connectivity index (χ4n) is 1.23. The van der Waals surface area contributed by atoms with Crippen LogP contribution in [0, 0.1) is 19.3 Å². The summed E-state index contributed by atoms with van der Waals surface area (Å²) in [5, 5.41) is 3.32. The molecule has 0 bridgehead atoms. The lowest BCUT2D eigenvalue weighted by atomic mass is 10.2. The molecule has 0 radical (unpaired) electrons. The summed E-state index contributed by atoms with van der Waals surface area (Å²) >= 11 is 0. The quantitative estimate of drug-likeness (QED) is 0.564. The third-order valence-electron chi connectivity index (χ3n) is 2.08. The van der Waals surface area contributed by atoms with E-state index in [0.717, 1.165) is 31.6 Å². The van der Waals surface area contributed by atoms with E-state index in [9.17, 15) is 0 Å². The average molecular weight is 188 g/mol. The molecule has 0 saturated heterocycles. The summed E-state index contributed by atoms with van der Waals surface area (Å²) < 4.78 is 0. The maximum atomic E-state index is 5.16. The number of nitrogens with zero attached hydrogens (tertiary/aromatic N) is 1. The highest BCUT2D eigenvalue weighted by atomic mass is 14.9. The van der Waals surface area contributed by atoms with Gasteiger partial charge in [-0.05, 0) is 31.5 Å². The van der Waals surface area contributed by atoms with Crippen LogP contribution in [-0.4, -0.2) is 11.5 Å². The number of hydrogen-bond acceptors (Lipinski definition) is 2. The van der Waals surface area contributed by atoms with Crippen molar-refractivity contribution in [3.8, 4) is 12.3 Å². The molecule has 0 atom stereocenters. The lowest BCUT2D eigenvalue weighted by Gasteiger charge is -2.05. The summed E-state index contributed by atoms with van der Waals surface area (Å²) in [5.74, 6) is 2.62. The zero-order valence-electron chi connectivity index (χ0n) is 8.59. The lowest BCUT2D eigenvalue weighted by Crippen LogP contribution is -2.16. The second-order valence-electron chi connectivity index (χ2n) is 3.25. The van der Waals surface area contributed by atoms with Crippen molar-refractivity contribution >= 4 is 0 Å². The molecule has 1 aromatic heterocycles. The van der Waals surface area contributed by atoms with Gasteiger partial charge in [-0.15, -0.1) is 12.3 Å². The van der Waals surface area contributed by atoms with Gasteiger partial charge in [0.25, 0.3) is 0 Å². The molecule has 0 unspecified atom stereocenters. The molecule has 14 heavy (non-hydrogen) atoms. The van der Waals surface area contributed by atoms with E-state index in [-0.39, 0.29) is 0 Å². The molecule has 0 aromatic carbocycles. The fraction of sp³-hybridized carbons (Fsp3) is 0.417. The normalized spacial score (nSPS) is 9.71. The molecule has 1 rings (SSSR count). The number of aryl methyl sites for hydroxylation is 1. The Kier molecular flexibility index (Phi) is 4.74. The van der Waals surface area contributed by atoms with E-state index in [1.165, 1.54) is 5.56 Å². The standard InChI is InChI=1S/C12H16N2/c1-3-4-5-8-13-10-12-11(2)7-6-9-14-12/h1,6-7,9,13H,4-5,8,10H2,2H3. The largest absolute Gasteiger partial charge is 0.311 e. The number of pyridine rings is 1. The van der Waals surface area contributed by atoms with E-state index in [1.807, 2.05) is 12.3 Å². The summed E-state index contributed by atoms with van der Waals surface area (Å²) in [6.07, 6.45) is 8.85. The first-order valence-corrected chi connectivity index (χ1v) is 4.89. The van der Waals surface area contributed by atoms with E-state index in [1.54, 1.807) is 0 Å². The van der Waals surface area contributed by atoms with Crippen LogP contribution in [0.15, 0.2) is 18.3 Å². The molecule has 1 N–H and O–H groups in total. The monoisotopic (exact) mass is 188 g/mol. The minimum Gasteiger partial charge on any atom is -0.311 e. The number of hydrogen-bond donors (Lipinski definition) is 1. The van der Waals surface area contributed by atoms with Gasteiger partial charge in [-0.1, -0.05) is 6.07 Å². The number of rotatable bonds is 5. The van der Waals surface area contributed by atoms with Crippen molar-refractivity contribution in [2.24, 2.45) is 0 Å². The number of terminal acetylenes is 1. The van der Waals surface area contributed by atoms with Crippen LogP contribution in [-0.2, 0) is 6.54 Å². The summed E-state index contributed by atoms with van der Waals surface area (Å²) in [4.78, 5) is 4.29. The van der Waals surface area contributed by atoms with Crippen LogP contribution in [0.1, 0.15) is 24.1 Å². The Morgan fingerprint density at radius 2 is 2.43 bits per heavy atom. The first kappa shape index (κ1) is 10.7. The molecule has 2 heteroatoms. The molecule has 0 spiro atoms. The lowest BCUT2D eigenvalue weighted by molar-refractivity contribution is 0.647. The van der Waals surface area contributed by atoms with Gasteiger partial charge in [-0.25, -0.2) is 0 Å². The van der Waals surface area contributed by atoms with Gasteiger partial charge < -0.3 is 5.32 Å². The molecule has 0 fully saturated rings. The Bertz CT molecular complexity index is 312. The Morgan fingerprint density at radius 3 is 3.14 bits per heavy atom. The third kappa shape index (κ3) is 3.59. The van der Waals surface area contributed by atoms with Gasteiger partial charge in [0, 0.05) is 19.2 Å². The van der Waals surface area contributed by atoms with E-state index in [2.05, 4.69) is 29.2 Å².